The van der Waals surface area contributed by atoms with Gasteiger partial charge in [-0.25, -0.2) is 18.6 Å². The van der Waals surface area contributed by atoms with Gasteiger partial charge in [-0.1, -0.05) is 12.1 Å². The molecular formula is C19H15F2N5O3. The first-order chi connectivity index (χ1) is 14.0. The minimum absolute atomic E-state index is 0.0338. The molecule has 0 atom stereocenters. The maximum absolute atomic E-state index is 14.1. The molecule has 4 rings (SSSR count). The number of anilines is 3. The molecule has 0 fully saturated rings. The third kappa shape index (κ3) is 3.47. The number of benzene rings is 2. The summed E-state index contributed by atoms with van der Waals surface area (Å²) < 4.78 is 38.9. The Morgan fingerprint density at radius 1 is 1.17 bits per heavy atom. The van der Waals surface area contributed by atoms with Gasteiger partial charge in [0.1, 0.15) is 11.3 Å². The standard InChI is InChI=1S/C19H15F2N5O3/c1-10-9-22-18(23-13-8-16(28-2)12(21)7-11(13)20)24-17(10)25-26-14-5-3-4-6-15(14)29-19(26)27/h3-9H,1-2H3,(H2,22,23,24,25). The van der Waals surface area contributed by atoms with Crippen molar-refractivity contribution in [3.8, 4) is 5.75 Å². The average Bonchev–Trinajstić information content (AvgIpc) is 3.02. The van der Waals surface area contributed by atoms with Crippen molar-refractivity contribution in [3.63, 3.8) is 0 Å². The fourth-order valence-corrected chi connectivity index (χ4v) is 2.70. The molecule has 29 heavy (non-hydrogen) atoms. The predicted molar refractivity (Wildman–Crippen MR) is 102 cm³/mol. The molecule has 0 aliphatic carbocycles. The van der Waals surface area contributed by atoms with Gasteiger partial charge >= 0.3 is 5.76 Å². The maximum Gasteiger partial charge on any atom is 0.439 e. The molecule has 0 aliphatic heterocycles. The van der Waals surface area contributed by atoms with Crippen molar-refractivity contribution in [2.45, 2.75) is 6.92 Å². The van der Waals surface area contributed by atoms with Crippen LogP contribution in [0.4, 0.5) is 26.2 Å². The van der Waals surface area contributed by atoms with E-state index in [-0.39, 0.29) is 17.4 Å². The van der Waals surface area contributed by atoms with Gasteiger partial charge in [-0.15, -0.1) is 0 Å². The van der Waals surface area contributed by atoms with E-state index < -0.39 is 17.4 Å². The van der Waals surface area contributed by atoms with Crippen LogP contribution in [0.25, 0.3) is 11.1 Å². The van der Waals surface area contributed by atoms with Crippen molar-refractivity contribution in [1.29, 1.82) is 0 Å². The van der Waals surface area contributed by atoms with E-state index >= 15 is 0 Å². The summed E-state index contributed by atoms with van der Waals surface area (Å²) in [6, 6.07) is 8.75. The smallest absolute Gasteiger partial charge is 0.439 e. The summed E-state index contributed by atoms with van der Waals surface area (Å²) in [7, 11) is 1.28. The number of nitrogens with zero attached hydrogens (tertiary/aromatic N) is 3. The fraction of sp³-hybridized carbons (Fsp3) is 0.105. The Balaban J connectivity index is 1.68. The second-order valence-electron chi connectivity index (χ2n) is 6.10. The highest BCUT2D eigenvalue weighted by molar-refractivity contribution is 5.73. The van der Waals surface area contributed by atoms with Gasteiger partial charge in [0.2, 0.25) is 5.95 Å². The van der Waals surface area contributed by atoms with Crippen LogP contribution in [0, 0.1) is 18.6 Å². The lowest BCUT2D eigenvalue weighted by atomic mass is 10.2. The summed E-state index contributed by atoms with van der Waals surface area (Å²) in [4.78, 5) is 20.5. The molecule has 0 saturated carbocycles. The normalized spacial score (nSPS) is 10.9. The highest BCUT2D eigenvalue weighted by atomic mass is 19.1. The topological polar surface area (TPSA) is 94.2 Å². The second-order valence-corrected chi connectivity index (χ2v) is 6.10. The van der Waals surface area contributed by atoms with E-state index in [1.807, 2.05) is 0 Å². The van der Waals surface area contributed by atoms with Crippen LogP contribution < -0.4 is 21.2 Å². The van der Waals surface area contributed by atoms with Gasteiger partial charge in [0.15, 0.2) is 23.0 Å². The molecule has 2 N–H and O–H groups in total. The van der Waals surface area contributed by atoms with Gasteiger partial charge in [-0.3, -0.25) is 5.43 Å². The average molecular weight is 399 g/mol. The Kier molecular flexibility index (Phi) is 4.59. The molecule has 0 unspecified atom stereocenters. The van der Waals surface area contributed by atoms with Crippen molar-refractivity contribution in [3.05, 3.63) is 70.3 Å². The molecule has 0 radical (unpaired) electrons. The summed E-state index contributed by atoms with van der Waals surface area (Å²) in [5.74, 6) is -2.08. The fourth-order valence-electron chi connectivity index (χ4n) is 2.70. The molecule has 10 heteroatoms. The molecule has 2 aromatic heterocycles. The number of para-hydroxylation sites is 2. The van der Waals surface area contributed by atoms with Crippen LogP contribution in [0.1, 0.15) is 5.56 Å². The van der Waals surface area contributed by atoms with E-state index in [1.165, 1.54) is 18.0 Å². The van der Waals surface area contributed by atoms with Gasteiger partial charge in [0.05, 0.1) is 12.8 Å². The zero-order valence-electron chi connectivity index (χ0n) is 15.4. The largest absolute Gasteiger partial charge is 0.494 e. The van der Waals surface area contributed by atoms with Crippen LogP contribution in [-0.2, 0) is 0 Å². The van der Waals surface area contributed by atoms with E-state index in [4.69, 9.17) is 9.15 Å². The predicted octanol–water partition coefficient (Wildman–Crippen LogP) is 3.60. The minimum Gasteiger partial charge on any atom is -0.494 e. The maximum atomic E-state index is 14.1. The summed E-state index contributed by atoms with van der Waals surface area (Å²) in [5, 5.41) is 2.68. The lowest BCUT2D eigenvalue weighted by Crippen LogP contribution is -2.23. The Labute approximate surface area is 162 Å². The van der Waals surface area contributed by atoms with Gasteiger partial charge < -0.3 is 14.5 Å². The van der Waals surface area contributed by atoms with Gasteiger partial charge in [-0.05, 0) is 19.1 Å². The molecule has 8 nitrogen and oxygen atoms in total. The third-order valence-corrected chi connectivity index (χ3v) is 4.16. The van der Waals surface area contributed by atoms with E-state index in [2.05, 4.69) is 20.7 Å². The first-order valence-electron chi connectivity index (χ1n) is 8.47. The van der Waals surface area contributed by atoms with Crippen molar-refractivity contribution in [2.75, 3.05) is 17.9 Å². The lowest BCUT2D eigenvalue weighted by Gasteiger charge is -2.12. The van der Waals surface area contributed by atoms with Gasteiger partial charge in [-0.2, -0.15) is 9.66 Å². The third-order valence-electron chi connectivity index (χ3n) is 4.16. The Bertz CT molecular complexity index is 1270. The molecular weight excluding hydrogens is 384 g/mol. The second kappa shape index (κ2) is 7.23. The number of aromatic nitrogens is 3. The van der Waals surface area contributed by atoms with E-state index in [9.17, 15) is 13.6 Å². The van der Waals surface area contributed by atoms with E-state index in [0.717, 1.165) is 6.07 Å². The molecule has 0 spiro atoms. The van der Waals surface area contributed by atoms with Crippen LogP contribution >= 0.6 is 0 Å². The lowest BCUT2D eigenvalue weighted by molar-refractivity contribution is 0.384. The summed E-state index contributed by atoms with van der Waals surface area (Å²) in [6.45, 7) is 1.74. The van der Waals surface area contributed by atoms with Crippen molar-refractivity contribution in [2.24, 2.45) is 0 Å². The number of oxazole rings is 1. The van der Waals surface area contributed by atoms with Crippen LogP contribution in [0.2, 0.25) is 0 Å². The Hall–Kier alpha value is -3.95. The zero-order valence-corrected chi connectivity index (χ0v) is 15.4. The molecule has 2 aromatic carbocycles. The number of hydrogen-bond donors (Lipinski definition) is 2. The molecule has 0 amide bonds. The van der Waals surface area contributed by atoms with Crippen LogP contribution in [-0.4, -0.2) is 21.8 Å². The van der Waals surface area contributed by atoms with Gasteiger partial charge in [0, 0.05) is 23.9 Å². The molecule has 0 aliphatic rings. The summed E-state index contributed by atoms with van der Waals surface area (Å²) >= 11 is 0. The van der Waals surface area contributed by atoms with Gasteiger partial charge in [0.25, 0.3) is 0 Å². The number of halogens is 2. The first kappa shape index (κ1) is 18.4. The van der Waals surface area contributed by atoms with Crippen LogP contribution in [0.5, 0.6) is 5.75 Å². The monoisotopic (exact) mass is 399 g/mol. The SMILES string of the molecule is COc1cc(Nc2ncc(C)c(Nn3c(=O)oc4ccccc43)n2)c(F)cc1F. The number of rotatable bonds is 5. The number of aryl methyl sites for hydroxylation is 1. The van der Waals surface area contributed by atoms with Crippen LogP contribution in [0.3, 0.4) is 0 Å². The molecule has 2 heterocycles. The summed E-state index contributed by atoms with van der Waals surface area (Å²) in [6.07, 6.45) is 1.49. The number of ether oxygens (including phenoxy) is 1. The highest BCUT2D eigenvalue weighted by Gasteiger charge is 2.14. The minimum atomic E-state index is -0.834. The molecule has 4 aromatic rings. The molecule has 148 valence electrons. The van der Waals surface area contributed by atoms with Crippen molar-refractivity contribution in [1.82, 2.24) is 14.6 Å². The van der Waals surface area contributed by atoms with Crippen molar-refractivity contribution < 1.29 is 17.9 Å². The van der Waals surface area contributed by atoms with E-state index in [1.54, 1.807) is 31.2 Å². The van der Waals surface area contributed by atoms with E-state index in [0.29, 0.717) is 28.5 Å². The summed E-state index contributed by atoms with van der Waals surface area (Å²) in [5.41, 5.74) is 4.38. The number of methoxy groups -OCH3 is 1. The number of nitrogens with one attached hydrogen (secondary N) is 2. The zero-order chi connectivity index (χ0) is 20.5. The highest BCUT2D eigenvalue weighted by Crippen LogP contribution is 2.27. The molecule has 0 bridgehead atoms. The first-order valence-corrected chi connectivity index (χ1v) is 8.47. The Morgan fingerprint density at radius 3 is 2.76 bits per heavy atom. The number of hydrogen-bond acceptors (Lipinski definition) is 7. The Morgan fingerprint density at radius 2 is 1.97 bits per heavy atom. The van der Waals surface area contributed by atoms with Crippen molar-refractivity contribution >= 4 is 28.6 Å². The quantitative estimate of drug-likeness (QED) is 0.530. The number of fused-ring (bicyclic) bond motifs is 1. The molecule has 0 saturated heterocycles. The van der Waals surface area contributed by atoms with Crippen LogP contribution in [0.15, 0.2) is 51.8 Å².